The van der Waals surface area contributed by atoms with Crippen LogP contribution in [0.1, 0.15) is 25.5 Å². The molecule has 2 rings (SSSR count). The van der Waals surface area contributed by atoms with Gasteiger partial charge in [0.05, 0.1) is 12.7 Å². The summed E-state index contributed by atoms with van der Waals surface area (Å²) < 4.78 is 10.2. The maximum atomic E-state index is 11.2. The van der Waals surface area contributed by atoms with Gasteiger partial charge in [-0.05, 0) is 26.0 Å². The fourth-order valence-corrected chi connectivity index (χ4v) is 2.08. The third-order valence-corrected chi connectivity index (χ3v) is 3.31. The van der Waals surface area contributed by atoms with Crippen molar-refractivity contribution >= 4 is 11.0 Å². The van der Waals surface area contributed by atoms with Crippen LogP contribution in [-0.4, -0.2) is 34.1 Å². The van der Waals surface area contributed by atoms with Gasteiger partial charge in [-0.15, -0.1) is 0 Å². The second-order valence-electron chi connectivity index (χ2n) is 5.43. The lowest BCUT2D eigenvalue weighted by atomic mass is 9.91. The molecule has 0 saturated carbocycles. The van der Waals surface area contributed by atoms with Crippen LogP contribution in [0.25, 0.3) is 11.0 Å². The van der Waals surface area contributed by atoms with Crippen molar-refractivity contribution in [1.82, 2.24) is 0 Å². The fourth-order valence-electron chi connectivity index (χ4n) is 2.08. The molecule has 0 spiro atoms. The topological polar surface area (TPSA) is 100 Å². The normalized spacial score (nSPS) is 15.0. The van der Waals surface area contributed by atoms with Gasteiger partial charge in [-0.3, -0.25) is 0 Å². The molecule has 114 valence electrons. The van der Waals surface area contributed by atoms with E-state index in [-0.39, 0.29) is 5.75 Å². The van der Waals surface area contributed by atoms with E-state index in [1.54, 1.807) is 12.1 Å². The summed E-state index contributed by atoms with van der Waals surface area (Å²) in [6.45, 7) is 2.79. The van der Waals surface area contributed by atoms with Gasteiger partial charge in [-0.2, -0.15) is 0 Å². The van der Waals surface area contributed by atoms with E-state index in [1.165, 1.54) is 33.1 Å². The third-order valence-electron chi connectivity index (χ3n) is 3.31. The molecule has 0 bridgehead atoms. The first-order valence-electron chi connectivity index (χ1n) is 6.44. The average molecular weight is 294 g/mol. The molecule has 1 aromatic heterocycles. The monoisotopic (exact) mass is 294 g/mol. The van der Waals surface area contributed by atoms with Crippen molar-refractivity contribution in [2.24, 2.45) is 0 Å². The maximum Gasteiger partial charge on any atom is 0.336 e. The molecule has 2 atom stereocenters. The smallest absolute Gasteiger partial charge is 0.336 e. The zero-order valence-corrected chi connectivity index (χ0v) is 12.0. The summed E-state index contributed by atoms with van der Waals surface area (Å²) in [5.41, 5.74) is -1.36. The number of methoxy groups -OCH3 is 1. The molecule has 21 heavy (non-hydrogen) atoms. The van der Waals surface area contributed by atoms with Crippen molar-refractivity contribution in [1.29, 1.82) is 0 Å². The Morgan fingerprint density at radius 3 is 2.48 bits per heavy atom. The first-order valence-corrected chi connectivity index (χ1v) is 6.44. The Labute approximate surface area is 121 Å². The third kappa shape index (κ3) is 3.07. The second kappa shape index (κ2) is 5.48. The van der Waals surface area contributed by atoms with Gasteiger partial charge in [0, 0.05) is 23.1 Å². The number of rotatable bonds is 4. The minimum Gasteiger partial charge on any atom is -0.496 e. The van der Waals surface area contributed by atoms with Gasteiger partial charge in [0.1, 0.15) is 23.5 Å². The molecule has 2 aromatic rings. The first kappa shape index (κ1) is 15.5. The number of benzene rings is 1. The molecule has 0 saturated heterocycles. The molecule has 6 heteroatoms. The highest BCUT2D eigenvalue weighted by Crippen LogP contribution is 2.34. The lowest BCUT2D eigenvalue weighted by Crippen LogP contribution is -2.40. The number of hydrogen-bond acceptors (Lipinski definition) is 6. The molecule has 0 aliphatic carbocycles. The Balaban J connectivity index is 2.57. The fraction of sp³-hybridized carbons (Fsp3) is 0.400. The zero-order valence-electron chi connectivity index (χ0n) is 12.0. The summed E-state index contributed by atoms with van der Waals surface area (Å²) in [7, 11) is 1.40. The summed E-state index contributed by atoms with van der Waals surface area (Å²) >= 11 is 0. The molecule has 0 aliphatic rings. The zero-order chi connectivity index (χ0) is 15.8. The van der Waals surface area contributed by atoms with Crippen LogP contribution in [0.2, 0.25) is 0 Å². The van der Waals surface area contributed by atoms with Crippen molar-refractivity contribution < 1.29 is 24.5 Å². The SMILES string of the molecule is COc1cc2oc(=O)ccc2cc1[C@@H](O)[C@H](O)C(C)(C)O. The van der Waals surface area contributed by atoms with Crippen LogP contribution in [0.5, 0.6) is 5.75 Å². The molecule has 1 heterocycles. The van der Waals surface area contributed by atoms with E-state index in [1.807, 2.05) is 0 Å². The number of ether oxygens (including phenoxy) is 1. The number of hydrogen-bond donors (Lipinski definition) is 3. The van der Waals surface area contributed by atoms with Gasteiger partial charge in [0.25, 0.3) is 0 Å². The molecule has 3 N–H and O–H groups in total. The maximum absolute atomic E-state index is 11.2. The van der Waals surface area contributed by atoms with Crippen LogP contribution in [0.15, 0.2) is 33.5 Å². The summed E-state index contributed by atoms with van der Waals surface area (Å²) in [5, 5.41) is 30.7. The highest BCUT2D eigenvalue weighted by molar-refractivity contribution is 5.79. The minimum absolute atomic E-state index is 0.257. The van der Waals surface area contributed by atoms with E-state index in [2.05, 4.69) is 0 Å². The van der Waals surface area contributed by atoms with E-state index in [0.717, 1.165) is 0 Å². The Morgan fingerprint density at radius 2 is 1.90 bits per heavy atom. The van der Waals surface area contributed by atoms with E-state index < -0.39 is 23.4 Å². The van der Waals surface area contributed by atoms with Crippen LogP contribution in [-0.2, 0) is 0 Å². The van der Waals surface area contributed by atoms with Crippen molar-refractivity contribution in [2.45, 2.75) is 31.7 Å². The minimum atomic E-state index is -1.48. The van der Waals surface area contributed by atoms with Gasteiger partial charge in [0.2, 0.25) is 0 Å². The molecule has 0 amide bonds. The summed E-state index contributed by atoms with van der Waals surface area (Å²) in [6.07, 6.45) is -2.75. The second-order valence-corrected chi connectivity index (χ2v) is 5.43. The summed E-state index contributed by atoms with van der Waals surface area (Å²) in [4.78, 5) is 11.2. The highest BCUT2D eigenvalue weighted by atomic mass is 16.5. The Hall–Kier alpha value is -1.89. The highest BCUT2D eigenvalue weighted by Gasteiger charge is 2.33. The lowest BCUT2D eigenvalue weighted by Gasteiger charge is -2.29. The quantitative estimate of drug-likeness (QED) is 0.726. The van der Waals surface area contributed by atoms with Crippen molar-refractivity contribution in [2.75, 3.05) is 7.11 Å². The van der Waals surface area contributed by atoms with Crippen molar-refractivity contribution in [3.8, 4) is 5.75 Å². The Kier molecular flexibility index (Phi) is 4.04. The molecule has 0 unspecified atom stereocenters. The average Bonchev–Trinajstić information content (AvgIpc) is 2.43. The predicted molar refractivity (Wildman–Crippen MR) is 76.3 cm³/mol. The van der Waals surface area contributed by atoms with Gasteiger partial charge in [-0.1, -0.05) is 0 Å². The van der Waals surface area contributed by atoms with Crippen molar-refractivity contribution in [3.05, 3.63) is 40.2 Å². The van der Waals surface area contributed by atoms with Gasteiger partial charge < -0.3 is 24.5 Å². The van der Waals surface area contributed by atoms with Crippen LogP contribution < -0.4 is 10.4 Å². The number of aliphatic hydroxyl groups is 3. The Bertz CT molecular complexity index is 697. The molecular weight excluding hydrogens is 276 g/mol. The molecule has 1 aromatic carbocycles. The van der Waals surface area contributed by atoms with E-state index in [4.69, 9.17) is 9.15 Å². The van der Waals surface area contributed by atoms with Crippen LogP contribution in [0.4, 0.5) is 0 Å². The standard InChI is InChI=1S/C15H18O6/c1-15(2,19)14(18)13(17)9-6-8-4-5-12(16)21-10(8)7-11(9)20-3/h4-7,13-14,17-19H,1-3H3/t13-,14+/m1/s1. The van der Waals surface area contributed by atoms with E-state index >= 15 is 0 Å². The first-order chi connectivity index (χ1) is 9.74. The van der Waals surface area contributed by atoms with Crippen LogP contribution >= 0.6 is 0 Å². The lowest BCUT2D eigenvalue weighted by molar-refractivity contribution is -0.107. The Morgan fingerprint density at radius 1 is 1.24 bits per heavy atom. The predicted octanol–water partition coefficient (Wildman–Crippen LogP) is 0.967. The largest absolute Gasteiger partial charge is 0.496 e. The van der Waals surface area contributed by atoms with E-state index in [9.17, 15) is 20.1 Å². The molecule has 6 nitrogen and oxygen atoms in total. The van der Waals surface area contributed by atoms with Crippen molar-refractivity contribution in [3.63, 3.8) is 0 Å². The molecule has 0 aliphatic heterocycles. The van der Waals surface area contributed by atoms with E-state index in [0.29, 0.717) is 16.5 Å². The number of aliphatic hydroxyl groups excluding tert-OH is 2. The van der Waals surface area contributed by atoms with Gasteiger partial charge in [0.15, 0.2) is 0 Å². The van der Waals surface area contributed by atoms with Crippen LogP contribution in [0, 0.1) is 0 Å². The molecular formula is C15H18O6. The molecule has 0 fully saturated rings. The van der Waals surface area contributed by atoms with Gasteiger partial charge in [-0.25, -0.2) is 4.79 Å². The number of fused-ring (bicyclic) bond motifs is 1. The summed E-state index contributed by atoms with van der Waals surface area (Å²) in [6, 6.07) is 5.83. The van der Waals surface area contributed by atoms with Crippen LogP contribution in [0.3, 0.4) is 0 Å². The molecule has 0 radical (unpaired) electrons. The summed E-state index contributed by atoms with van der Waals surface area (Å²) in [5.74, 6) is 0.257. The van der Waals surface area contributed by atoms with Gasteiger partial charge >= 0.3 is 5.63 Å².